The van der Waals surface area contributed by atoms with Gasteiger partial charge in [0, 0.05) is 54.5 Å². The number of aliphatic hydroxyl groups is 5. The molecule has 0 radical (unpaired) electrons. The second-order valence-electron chi connectivity index (χ2n) is 21.7. The Morgan fingerprint density at radius 2 is 1.68 bits per heavy atom. The normalized spacial score (nSPS) is 39.1. The second-order valence-corrected chi connectivity index (χ2v) is 22.2. The van der Waals surface area contributed by atoms with E-state index in [0.717, 1.165) is 12.0 Å². The highest BCUT2D eigenvalue weighted by atomic mass is 79.9. The number of rotatable bonds is 16. The number of ether oxygens (including phenoxy) is 6. The number of halogens is 1. The maximum absolute atomic E-state index is 14.0. The number of anilines is 1. The minimum Gasteiger partial charge on any atom is -0.487 e. The Morgan fingerprint density at radius 3 is 2.38 bits per heavy atom. The van der Waals surface area contributed by atoms with E-state index in [1.807, 2.05) is 25.1 Å². The number of hydrogen-bond acceptors (Lipinski definition) is 17. The monoisotopic (exact) mass is 1090 g/mol. The van der Waals surface area contributed by atoms with Crippen LogP contribution in [0.2, 0.25) is 0 Å². The predicted octanol–water partition coefficient (Wildman–Crippen LogP) is 2.38. The quantitative estimate of drug-likeness (QED) is 0.109. The summed E-state index contributed by atoms with van der Waals surface area (Å²) in [6.07, 6.45) is -3.70. The van der Waals surface area contributed by atoms with Crippen LogP contribution in [0.3, 0.4) is 0 Å². The van der Waals surface area contributed by atoms with Crippen LogP contribution in [0.25, 0.3) is 0 Å². The van der Waals surface area contributed by atoms with Crippen LogP contribution in [0.15, 0.2) is 66.3 Å². The molecule has 21 nitrogen and oxygen atoms in total. The molecular formula is C52H60BrN3O18. The van der Waals surface area contributed by atoms with Gasteiger partial charge in [0.1, 0.15) is 48.6 Å². The SMILES string of the molecule is C[C@]12C=CC(=O)C=C1CC[C@@H]1[C@@H]2[C@@H](O)C[C@@]2(C)[C@H]1C[C@H]1O[C@@H](c3ccc(OC45CC(NC(=O)OCc6ccc(O[C@@H]7O[C@H](C(=O)O)[C@@H](O)[C@H](O)[C@H]7O)c(NC(=O)CCNC(=O)CBr)c6)(C4)C5)cc3)O[C@]12C(=O)CO. The number of aliphatic carboxylic acids is 1. The maximum Gasteiger partial charge on any atom is 0.407 e. The van der Waals surface area contributed by atoms with Crippen molar-refractivity contribution in [2.24, 2.45) is 28.6 Å². The molecule has 2 heterocycles. The van der Waals surface area contributed by atoms with Gasteiger partial charge in [-0.2, -0.15) is 0 Å². The Bertz CT molecular complexity index is 2660. The van der Waals surface area contributed by atoms with E-state index in [2.05, 4.69) is 38.8 Å². The molecule has 14 atom stereocenters. The zero-order valence-corrected chi connectivity index (χ0v) is 42.2. The first-order valence-electron chi connectivity index (χ1n) is 24.8. The van der Waals surface area contributed by atoms with Gasteiger partial charge in [-0.25, -0.2) is 9.59 Å². The van der Waals surface area contributed by atoms with Gasteiger partial charge in [0.15, 0.2) is 29.6 Å². The molecule has 74 heavy (non-hydrogen) atoms. The summed E-state index contributed by atoms with van der Waals surface area (Å²) in [7, 11) is 0. The van der Waals surface area contributed by atoms with Crippen molar-refractivity contribution in [3.05, 3.63) is 77.4 Å². The first-order chi connectivity index (χ1) is 35.2. The molecule has 22 heteroatoms. The molecule has 3 amide bonds. The van der Waals surface area contributed by atoms with E-state index in [1.165, 1.54) is 18.2 Å². The molecular weight excluding hydrogens is 1030 g/mol. The van der Waals surface area contributed by atoms with Gasteiger partial charge in [-0.3, -0.25) is 19.2 Å². The molecule has 7 aliphatic carbocycles. The molecule has 2 bridgehead atoms. The Morgan fingerprint density at radius 1 is 0.932 bits per heavy atom. The van der Waals surface area contributed by atoms with Crippen molar-refractivity contribution in [2.75, 3.05) is 23.8 Å². The Kier molecular flexibility index (Phi) is 13.7. The molecule has 2 saturated heterocycles. The third-order valence-electron chi connectivity index (χ3n) is 17.2. The number of fused-ring (bicyclic) bond motifs is 7. The molecule has 2 aliphatic heterocycles. The van der Waals surface area contributed by atoms with E-state index in [4.69, 9.17) is 28.4 Å². The lowest BCUT2D eigenvalue weighted by Gasteiger charge is -2.68. The van der Waals surface area contributed by atoms with Gasteiger partial charge >= 0.3 is 12.1 Å². The summed E-state index contributed by atoms with van der Waals surface area (Å²) >= 11 is 3.03. The zero-order valence-electron chi connectivity index (χ0n) is 40.6. The Hall–Kier alpha value is -5.30. The predicted molar refractivity (Wildman–Crippen MR) is 258 cm³/mol. The number of benzene rings is 2. The lowest BCUT2D eigenvalue weighted by molar-refractivity contribution is -0.271. The van der Waals surface area contributed by atoms with Crippen molar-refractivity contribution in [3.63, 3.8) is 0 Å². The van der Waals surface area contributed by atoms with E-state index >= 15 is 0 Å². The number of alkyl halides is 1. The molecule has 0 unspecified atom stereocenters. The first kappa shape index (κ1) is 52.2. The number of carbonyl (C=O) groups is 6. The van der Waals surface area contributed by atoms with Crippen molar-refractivity contribution in [1.29, 1.82) is 0 Å². The van der Waals surface area contributed by atoms with Gasteiger partial charge in [0.25, 0.3) is 0 Å². The minimum absolute atomic E-state index is 0.000518. The smallest absolute Gasteiger partial charge is 0.407 e. The Labute approximate surface area is 433 Å². The van der Waals surface area contributed by atoms with E-state index in [9.17, 15) is 59.4 Å². The topological polar surface area (TPSA) is 315 Å². The van der Waals surface area contributed by atoms with E-state index in [0.29, 0.717) is 49.0 Å². The number of nitrogens with one attached hydrogen (secondary N) is 3. The summed E-state index contributed by atoms with van der Waals surface area (Å²) in [6, 6.07) is 11.5. The van der Waals surface area contributed by atoms with Gasteiger partial charge in [0.2, 0.25) is 18.1 Å². The highest BCUT2D eigenvalue weighted by molar-refractivity contribution is 9.09. The largest absolute Gasteiger partial charge is 0.487 e. The van der Waals surface area contributed by atoms with Crippen LogP contribution < -0.4 is 25.4 Å². The number of aliphatic hydroxyl groups excluding tert-OH is 5. The molecule has 0 aromatic heterocycles. The molecule has 9 aliphatic rings. The molecule has 9 N–H and O–H groups in total. The van der Waals surface area contributed by atoms with Gasteiger partial charge in [-0.15, -0.1) is 0 Å². The van der Waals surface area contributed by atoms with E-state index < -0.39 is 107 Å². The lowest BCUT2D eigenvalue weighted by Crippen LogP contribution is -2.80. The molecule has 2 aromatic rings. The van der Waals surface area contributed by atoms with Crippen LogP contribution >= 0.6 is 15.9 Å². The molecule has 11 rings (SSSR count). The standard InChI is InChI=1S/C52H60BrN3O18/c1-48-13-11-28(58)16-27(48)6-9-30-31-17-36-52(35(60)20-57,49(31,2)18-33(59)39(30)48)74-45(71-36)26-4-7-29(8-5-26)73-51-22-50(23-51,24-51)56-47(68)69-21-25-3-10-34(32(15-25)55-37(61)12-14-54-38(62)19-53)70-46-42(65)40(63)41(64)43(72-46)44(66)67/h3-5,7-8,10-11,13,15-16,30-31,33,36,39-43,45-46,57,59,63-65H,6,9,12,14,17-24H2,1-2H3,(H,54,62)(H,55,61)(H,56,68)(H,66,67)/t30-,31-,33-,36+,39+,40-,41-,42+,43-,45+,46+,48-,49-,50?,51?,52+/m0/s1. The number of hydrogen-bond donors (Lipinski definition) is 9. The maximum atomic E-state index is 14.0. The van der Waals surface area contributed by atoms with Crippen LogP contribution in [0.5, 0.6) is 11.5 Å². The fraction of sp³-hybridized carbons (Fsp3) is 0.577. The molecule has 8 fully saturated rings. The minimum atomic E-state index is -1.96. The first-order valence-corrected chi connectivity index (χ1v) is 26.0. The van der Waals surface area contributed by atoms with Gasteiger partial charge in [-0.05, 0) is 79.5 Å². The average molecular weight is 1090 g/mol. The summed E-state index contributed by atoms with van der Waals surface area (Å²) in [5.41, 5.74) is -1.81. The highest BCUT2D eigenvalue weighted by Gasteiger charge is 2.76. The summed E-state index contributed by atoms with van der Waals surface area (Å²) in [5, 5.41) is 70.9. The van der Waals surface area contributed by atoms with Gasteiger partial charge < -0.3 is 75.0 Å². The Balaban J connectivity index is 0.739. The van der Waals surface area contributed by atoms with Crippen molar-refractivity contribution in [1.82, 2.24) is 10.6 Å². The van der Waals surface area contributed by atoms with Gasteiger partial charge in [0.05, 0.1) is 28.8 Å². The van der Waals surface area contributed by atoms with E-state index in [-0.39, 0.29) is 72.2 Å². The number of carboxylic acid groups (broad SMARTS) is 1. The summed E-state index contributed by atoms with van der Waals surface area (Å²) in [5.74, 6) is -2.74. The third-order valence-corrected chi connectivity index (χ3v) is 17.7. The number of allylic oxidation sites excluding steroid dienone is 4. The summed E-state index contributed by atoms with van der Waals surface area (Å²) in [4.78, 5) is 75.6. The fourth-order valence-corrected chi connectivity index (χ4v) is 14.0. The summed E-state index contributed by atoms with van der Waals surface area (Å²) < 4.78 is 36.3. The van der Waals surface area contributed by atoms with Crippen LogP contribution in [0.4, 0.5) is 10.5 Å². The van der Waals surface area contributed by atoms with Crippen molar-refractivity contribution in [3.8, 4) is 11.5 Å². The number of carbonyl (C=O) groups excluding carboxylic acids is 5. The van der Waals surface area contributed by atoms with Crippen molar-refractivity contribution in [2.45, 2.75) is 138 Å². The average Bonchev–Trinajstić information content (AvgIpc) is 3.85. The molecule has 398 valence electrons. The van der Waals surface area contributed by atoms with Gasteiger partial charge in [-0.1, -0.05) is 59.6 Å². The van der Waals surface area contributed by atoms with Crippen LogP contribution in [-0.2, 0) is 49.5 Å². The number of ketones is 2. The van der Waals surface area contributed by atoms with E-state index in [1.54, 1.807) is 24.3 Å². The van der Waals surface area contributed by atoms with Crippen LogP contribution in [-0.4, -0.2) is 144 Å². The number of amides is 3. The van der Waals surface area contributed by atoms with Crippen LogP contribution in [0.1, 0.15) is 82.6 Å². The number of alkyl carbamates (subject to hydrolysis) is 1. The van der Waals surface area contributed by atoms with Crippen LogP contribution in [0, 0.1) is 28.6 Å². The lowest BCUT2D eigenvalue weighted by atomic mass is 9.46. The molecule has 0 spiro atoms. The fourth-order valence-electron chi connectivity index (χ4n) is 13.8. The highest BCUT2D eigenvalue weighted by Crippen LogP contribution is 2.70. The second kappa shape index (κ2) is 19.4. The number of Topliss-reactive ketones (excluding diaryl/α,β-unsaturated/α-hetero) is 1. The molecule has 6 saturated carbocycles. The molecule has 2 aromatic carbocycles. The van der Waals surface area contributed by atoms with Crippen molar-refractivity contribution >= 4 is 57.1 Å². The van der Waals surface area contributed by atoms with Crippen molar-refractivity contribution < 1.29 is 87.8 Å². The third kappa shape index (κ3) is 8.82. The number of carboxylic acids is 1. The summed E-state index contributed by atoms with van der Waals surface area (Å²) in [6.45, 7) is 3.08. The zero-order chi connectivity index (χ0) is 52.7.